The molecular formula is C32H35F5N3OP. The highest BCUT2D eigenvalue weighted by Crippen LogP contribution is 2.38. The first-order chi connectivity index (χ1) is 19.8. The smallest absolute Gasteiger partial charge is 0.416 e. The highest BCUT2D eigenvalue weighted by Gasteiger charge is 2.31. The van der Waals surface area contributed by atoms with E-state index in [1.807, 2.05) is 6.92 Å². The molecule has 0 heterocycles. The Morgan fingerprint density at radius 2 is 1.86 bits per heavy atom. The summed E-state index contributed by atoms with van der Waals surface area (Å²) in [4.78, 5) is 4.11. The summed E-state index contributed by atoms with van der Waals surface area (Å²) in [6.45, 7) is 13.8. The molecule has 0 radical (unpaired) electrons. The summed E-state index contributed by atoms with van der Waals surface area (Å²) in [7, 11) is 4.26. The molecule has 10 heteroatoms. The second kappa shape index (κ2) is 15.5. The molecular weight excluding hydrogens is 568 g/mol. The number of alkyl halides is 3. The average molecular weight is 604 g/mol. The predicted molar refractivity (Wildman–Crippen MR) is 165 cm³/mol. The zero-order chi connectivity index (χ0) is 31.6. The maximum atomic E-state index is 15.1. The first-order valence-corrected chi connectivity index (χ1v) is 13.6. The van der Waals surface area contributed by atoms with Crippen LogP contribution in [0.2, 0.25) is 0 Å². The van der Waals surface area contributed by atoms with Crippen molar-refractivity contribution in [2.24, 2.45) is 4.99 Å². The normalized spacial score (nSPS) is 12.9. The van der Waals surface area contributed by atoms with Crippen molar-refractivity contribution >= 4 is 26.7 Å². The van der Waals surface area contributed by atoms with E-state index in [0.29, 0.717) is 29.4 Å². The van der Waals surface area contributed by atoms with Gasteiger partial charge < -0.3 is 15.4 Å². The van der Waals surface area contributed by atoms with Gasteiger partial charge in [-0.3, -0.25) is 4.99 Å². The van der Waals surface area contributed by atoms with Crippen LogP contribution in [0.4, 0.5) is 27.6 Å². The summed E-state index contributed by atoms with van der Waals surface area (Å²) >= 11 is 0. The Bertz CT molecular complexity index is 1470. The first kappa shape index (κ1) is 34.5. The maximum absolute atomic E-state index is 15.1. The van der Waals surface area contributed by atoms with E-state index in [-0.39, 0.29) is 52.6 Å². The Kier molecular flexibility index (Phi) is 12.7. The summed E-state index contributed by atoms with van der Waals surface area (Å²) in [6.07, 6.45) is 3.00. The number of likely N-dealkylation sites (N-methyl/N-ethyl adjacent to an activating group) is 1. The van der Waals surface area contributed by atoms with Crippen LogP contribution in [0.5, 0.6) is 5.75 Å². The molecule has 2 aromatic carbocycles. The summed E-state index contributed by atoms with van der Waals surface area (Å²) in [5, 5.41) is 6.75. The number of ether oxygens (including phenoxy) is 1. The molecule has 0 bridgehead atoms. The lowest BCUT2D eigenvalue weighted by molar-refractivity contribution is -0.137. The van der Waals surface area contributed by atoms with Crippen molar-refractivity contribution in [2.75, 3.05) is 25.5 Å². The molecule has 0 aromatic heterocycles. The van der Waals surface area contributed by atoms with E-state index in [2.05, 4.69) is 43.9 Å². The fourth-order valence-electron chi connectivity index (χ4n) is 3.97. The van der Waals surface area contributed by atoms with Gasteiger partial charge >= 0.3 is 6.18 Å². The van der Waals surface area contributed by atoms with Gasteiger partial charge in [0, 0.05) is 36.1 Å². The van der Waals surface area contributed by atoms with Crippen molar-refractivity contribution in [2.45, 2.75) is 39.8 Å². The number of terminal acetylenes is 1. The molecule has 42 heavy (non-hydrogen) atoms. The summed E-state index contributed by atoms with van der Waals surface area (Å²) in [6, 6.07) is 5.96. The van der Waals surface area contributed by atoms with Crippen molar-refractivity contribution in [3.8, 4) is 18.1 Å². The maximum Gasteiger partial charge on any atom is 0.416 e. The molecule has 1 atom stereocenters. The van der Waals surface area contributed by atoms with Crippen LogP contribution in [0.15, 0.2) is 76.3 Å². The third kappa shape index (κ3) is 8.64. The molecule has 1 unspecified atom stereocenters. The topological polar surface area (TPSA) is 45.7 Å². The van der Waals surface area contributed by atoms with Gasteiger partial charge in [-0.05, 0) is 85.1 Å². The average Bonchev–Trinajstić information content (AvgIpc) is 2.95. The second-order valence-corrected chi connectivity index (χ2v) is 9.95. The molecule has 2 aromatic rings. The van der Waals surface area contributed by atoms with Gasteiger partial charge in [0.05, 0.1) is 12.2 Å². The number of benzene rings is 2. The van der Waals surface area contributed by atoms with Crippen LogP contribution in [0.1, 0.15) is 43.9 Å². The molecule has 2 rings (SSSR count). The van der Waals surface area contributed by atoms with E-state index in [1.54, 1.807) is 20.9 Å². The predicted octanol–water partition coefficient (Wildman–Crippen LogP) is 8.30. The van der Waals surface area contributed by atoms with Crippen molar-refractivity contribution in [1.82, 2.24) is 5.32 Å². The van der Waals surface area contributed by atoms with E-state index in [0.717, 1.165) is 12.1 Å². The van der Waals surface area contributed by atoms with Gasteiger partial charge in [0.15, 0.2) is 11.6 Å². The summed E-state index contributed by atoms with van der Waals surface area (Å²) < 4.78 is 76.1. The number of nitrogens with zero attached hydrogens (tertiary/aromatic N) is 1. The Balaban J connectivity index is 2.60. The number of aliphatic imine (C=N–C) groups is 1. The molecule has 0 saturated heterocycles. The number of hydrogen-bond acceptors (Lipinski definition) is 4. The molecule has 0 aliphatic carbocycles. The van der Waals surface area contributed by atoms with E-state index in [1.165, 1.54) is 24.4 Å². The van der Waals surface area contributed by atoms with Crippen LogP contribution < -0.4 is 15.4 Å². The zero-order valence-corrected chi connectivity index (χ0v) is 25.3. The highest BCUT2D eigenvalue weighted by molar-refractivity contribution is 7.22. The lowest BCUT2D eigenvalue weighted by Crippen LogP contribution is -2.14. The molecule has 0 saturated carbocycles. The van der Waals surface area contributed by atoms with Gasteiger partial charge in [-0.1, -0.05) is 26.1 Å². The van der Waals surface area contributed by atoms with Gasteiger partial charge in [-0.25, -0.2) is 4.39 Å². The van der Waals surface area contributed by atoms with E-state index >= 15 is 4.39 Å². The van der Waals surface area contributed by atoms with Crippen molar-refractivity contribution in [3.63, 3.8) is 0 Å². The lowest BCUT2D eigenvalue weighted by atomic mass is 9.94. The number of halogens is 5. The van der Waals surface area contributed by atoms with E-state index in [4.69, 9.17) is 11.2 Å². The largest absolute Gasteiger partial charge is 0.490 e. The van der Waals surface area contributed by atoms with Crippen LogP contribution in [-0.4, -0.2) is 26.4 Å². The molecule has 0 amide bonds. The third-order valence-corrected chi connectivity index (χ3v) is 6.79. The van der Waals surface area contributed by atoms with Crippen LogP contribution >= 0.6 is 9.24 Å². The Morgan fingerprint density at radius 1 is 1.17 bits per heavy atom. The van der Waals surface area contributed by atoms with Crippen LogP contribution in [-0.2, 0) is 12.6 Å². The number of anilines is 1. The van der Waals surface area contributed by atoms with Gasteiger partial charge in [0.2, 0.25) is 5.82 Å². The third-order valence-electron chi connectivity index (χ3n) is 6.24. The van der Waals surface area contributed by atoms with Crippen LogP contribution in [0.3, 0.4) is 0 Å². The minimum atomic E-state index is -4.61. The van der Waals surface area contributed by atoms with Gasteiger partial charge in [0.25, 0.3) is 0 Å². The molecule has 0 aliphatic rings. The molecule has 4 nitrogen and oxygen atoms in total. The van der Waals surface area contributed by atoms with Crippen molar-refractivity contribution in [3.05, 3.63) is 99.7 Å². The van der Waals surface area contributed by atoms with Crippen LogP contribution in [0.25, 0.3) is 5.57 Å². The summed E-state index contributed by atoms with van der Waals surface area (Å²) in [5.41, 5.74) is 1.15. The van der Waals surface area contributed by atoms with E-state index < -0.39 is 23.4 Å². The zero-order valence-electron chi connectivity index (χ0n) is 24.1. The van der Waals surface area contributed by atoms with E-state index in [9.17, 15) is 17.6 Å². The Hall–Kier alpha value is -3.73. The van der Waals surface area contributed by atoms with Gasteiger partial charge in [-0.15, -0.1) is 15.7 Å². The Labute approximate surface area is 246 Å². The van der Waals surface area contributed by atoms with Crippen LogP contribution in [0, 0.1) is 24.0 Å². The Morgan fingerprint density at radius 3 is 2.43 bits per heavy atom. The van der Waals surface area contributed by atoms with Crippen molar-refractivity contribution in [1.29, 1.82) is 0 Å². The van der Waals surface area contributed by atoms with Crippen molar-refractivity contribution < 1.29 is 26.7 Å². The van der Waals surface area contributed by atoms with Gasteiger partial charge in [-0.2, -0.15) is 17.6 Å². The molecule has 224 valence electrons. The fourth-order valence-corrected chi connectivity index (χ4v) is 4.45. The number of nitrogens with one attached hydrogen (secondary N) is 2. The number of hydrogen-bond donors (Lipinski definition) is 2. The quantitative estimate of drug-likeness (QED) is 0.0796. The SMILES string of the molecule is C#C/C(N=CC)=C(\C)C(=C)c1cc(C(F)(F)F)ccc1NC(=C)/C(Cc1ccc(OCCC)c(F)c1F)=C(\P)CNC. The molecule has 0 fully saturated rings. The summed E-state index contributed by atoms with van der Waals surface area (Å²) in [5.74, 6) is 0.0896. The van der Waals surface area contributed by atoms with Gasteiger partial charge in [0.1, 0.15) is 5.70 Å². The minimum Gasteiger partial charge on any atom is -0.490 e. The molecule has 2 N–H and O–H groups in total. The number of allylic oxidation sites excluding steroid dienone is 4. The second-order valence-electron chi connectivity index (χ2n) is 9.26. The fraction of sp³-hybridized carbons (Fsp3) is 0.281. The lowest BCUT2D eigenvalue weighted by Gasteiger charge is -2.21. The molecule has 0 spiro atoms. The molecule has 0 aliphatic heterocycles. The first-order valence-electron chi connectivity index (χ1n) is 13.1. The monoisotopic (exact) mass is 603 g/mol. The highest BCUT2D eigenvalue weighted by atomic mass is 31.0. The standard InChI is InChI=1S/C32H35F5N3OP/c1-8-15-41-28-14-11-22(30(33)31(28)34)16-25(29(42)18-38-7)21(6)40-27-13-12-23(32(35,36)37)17-24(27)19(4)20(5)26(9-2)39-10-3/h2,10-14,17,38,40H,4,6,8,15-16,18,42H2,1,3,5,7H3/b26-20-,29-25-,39-10?. The number of rotatable bonds is 13. The minimum absolute atomic E-state index is 0.0530.